The van der Waals surface area contributed by atoms with E-state index in [4.69, 9.17) is 18.9 Å². The Balaban J connectivity index is 1.00. The number of ether oxygens (including phenoxy) is 4. The van der Waals surface area contributed by atoms with Crippen LogP contribution in [0.4, 0.5) is 11.4 Å². The summed E-state index contributed by atoms with van der Waals surface area (Å²) in [5.41, 5.74) is 9.98. The molecule has 0 unspecified atom stereocenters. The lowest BCUT2D eigenvalue weighted by Gasteiger charge is -2.40. The van der Waals surface area contributed by atoms with Crippen molar-refractivity contribution in [2.75, 3.05) is 51.6 Å². The number of benzene rings is 4. The van der Waals surface area contributed by atoms with E-state index in [2.05, 4.69) is 123 Å². The van der Waals surface area contributed by atoms with Crippen LogP contribution in [0.15, 0.2) is 97.1 Å². The predicted molar refractivity (Wildman–Crippen MR) is 178 cm³/mol. The van der Waals surface area contributed by atoms with Crippen LogP contribution in [-0.4, -0.2) is 46.7 Å². The Morgan fingerprint density at radius 2 is 0.841 bits per heavy atom. The van der Waals surface area contributed by atoms with Crippen molar-refractivity contribution < 1.29 is 18.9 Å². The number of hydrogen-bond donors (Lipinski definition) is 0. The highest BCUT2D eigenvalue weighted by Gasteiger charge is 2.37. The molecule has 0 aromatic heterocycles. The molecule has 2 aliphatic rings. The standard InChI is InChI=1S/C39H45NO4/c1-4-38(26-43-27-38)24-41-22-30-6-10-32(11-7-30)34-14-18-36(19-15-34)40(3)37-20-16-35(17-21-37)33-12-8-31(9-13-33)23-42-25-39(5-2)28-44-29-39/h6-21H,4-5,22-29H2,1-3H3. The molecule has 0 aliphatic carbocycles. The molecule has 2 heterocycles. The molecule has 5 heteroatoms. The largest absolute Gasteiger partial charge is 0.380 e. The van der Waals surface area contributed by atoms with E-state index >= 15 is 0 Å². The van der Waals surface area contributed by atoms with Gasteiger partial charge in [-0.25, -0.2) is 0 Å². The first-order chi connectivity index (χ1) is 21.5. The van der Waals surface area contributed by atoms with Gasteiger partial charge in [0.05, 0.1) is 52.9 Å². The number of anilines is 2. The summed E-state index contributed by atoms with van der Waals surface area (Å²) >= 11 is 0. The highest BCUT2D eigenvalue weighted by atomic mass is 16.5. The summed E-state index contributed by atoms with van der Waals surface area (Å²) in [7, 11) is 2.12. The minimum absolute atomic E-state index is 0.225. The average molecular weight is 592 g/mol. The van der Waals surface area contributed by atoms with E-state index < -0.39 is 0 Å². The van der Waals surface area contributed by atoms with Crippen molar-refractivity contribution in [3.63, 3.8) is 0 Å². The maximum absolute atomic E-state index is 6.02. The van der Waals surface area contributed by atoms with Crippen LogP contribution in [0.1, 0.15) is 37.8 Å². The van der Waals surface area contributed by atoms with E-state index in [-0.39, 0.29) is 10.8 Å². The molecule has 2 fully saturated rings. The van der Waals surface area contributed by atoms with E-state index in [1.54, 1.807) is 0 Å². The zero-order valence-corrected chi connectivity index (χ0v) is 26.4. The highest BCUT2D eigenvalue weighted by Crippen LogP contribution is 2.33. The lowest BCUT2D eigenvalue weighted by atomic mass is 9.84. The Kier molecular flexibility index (Phi) is 9.48. The molecule has 0 atom stereocenters. The Bertz CT molecular complexity index is 1350. The van der Waals surface area contributed by atoms with Crippen LogP contribution in [-0.2, 0) is 32.2 Å². The van der Waals surface area contributed by atoms with E-state index in [9.17, 15) is 0 Å². The quantitative estimate of drug-likeness (QED) is 0.147. The molecule has 5 nitrogen and oxygen atoms in total. The van der Waals surface area contributed by atoms with Gasteiger partial charge in [-0.1, -0.05) is 86.6 Å². The van der Waals surface area contributed by atoms with Gasteiger partial charge in [0.2, 0.25) is 0 Å². The van der Waals surface area contributed by atoms with Gasteiger partial charge >= 0.3 is 0 Å². The van der Waals surface area contributed by atoms with Crippen LogP contribution in [0.25, 0.3) is 22.3 Å². The monoisotopic (exact) mass is 591 g/mol. The normalized spacial score (nSPS) is 16.6. The molecule has 4 aromatic rings. The molecule has 4 aromatic carbocycles. The smallest absolute Gasteiger partial charge is 0.0717 e. The predicted octanol–water partition coefficient (Wildman–Crippen LogP) is 8.67. The first-order valence-electron chi connectivity index (χ1n) is 15.9. The van der Waals surface area contributed by atoms with Gasteiger partial charge in [-0.3, -0.25) is 0 Å². The van der Waals surface area contributed by atoms with Gasteiger partial charge < -0.3 is 23.8 Å². The van der Waals surface area contributed by atoms with Gasteiger partial charge in [0, 0.05) is 29.3 Å². The molecule has 0 bridgehead atoms. The Hall–Kier alpha value is -3.48. The van der Waals surface area contributed by atoms with Gasteiger partial charge in [-0.05, 0) is 70.5 Å². The topological polar surface area (TPSA) is 40.2 Å². The van der Waals surface area contributed by atoms with Gasteiger partial charge in [0.15, 0.2) is 0 Å². The molecule has 230 valence electrons. The first kappa shape index (κ1) is 30.5. The van der Waals surface area contributed by atoms with Crippen molar-refractivity contribution in [2.24, 2.45) is 10.8 Å². The third-order valence-electron chi connectivity index (χ3n) is 9.57. The third kappa shape index (κ3) is 6.92. The second-order valence-corrected chi connectivity index (χ2v) is 12.7. The lowest BCUT2D eigenvalue weighted by molar-refractivity contribution is -0.152. The molecule has 2 aliphatic heterocycles. The molecule has 0 radical (unpaired) electrons. The van der Waals surface area contributed by atoms with Crippen LogP contribution >= 0.6 is 0 Å². The second kappa shape index (κ2) is 13.7. The lowest BCUT2D eigenvalue weighted by Crippen LogP contribution is -2.45. The van der Waals surface area contributed by atoms with Crippen molar-refractivity contribution >= 4 is 11.4 Å². The van der Waals surface area contributed by atoms with E-state index in [1.165, 1.54) is 33.4 Å². The third-order valence-corrected chi connectivity index (χ3v) is 9.57. The zero-order valence-electron chi connectivity index (χ0n) is 26.4. The van der Waals surface area contributed by atoms with Crippen LogP contribution in [0.2, 0.25) is 0 Å². The van der Waals surface area contributed by atoms with Gasteiger partial charge in [-0.15, -0.1) is 0 Å². The van der Waals surface area contributed by atoms with Gasteiger partial charge in [0.25, 0.3) is 0 Å². The van der Waals surface area contributed by atoms with Gasteiger partial charge in [-0.2, -0.15) is 0 Å². The molecule has 2 saturated heterocycles. The molecule has 0 N–H and O–H groups in total. The van der Waals surface area contributed by atoms with Crippen LogP contribution in [0.5, 0.6) is 0 Å². The molecule has 6 rings (SSSR count). The van der Waals surface area contributed by atoms with Crippen molar-refractivity contribution in [1.29, 1.82) is 0 Å². The first-order valence-corrected chi connectivity index (χ1v) is 15.9. The Morgan fingerprint density at radius 1 is 0.523 bits per heavy atom. The minimum atomic E-state index is 0.225. The highest BCUT2D eigenvalue weighted by molar-refractivity contribution is 5.72. The average Bonchev–Trinajstić information content (AvgIpc) is 3.04. The summed E-state index contributed by atoms with van der Waals surface area (Å²) in [5.74, 6) is 0. The molecular weight excluding hydrogens is 546 g/mol. The maximum Gasteiger partial charge on any atom is 0.0717 e. The Morgan fingerprint density at radius 3 is 1.11 bits per heavy atom. The summed E-state index contributed by atoms with van der Waals surface area (Å²) in [5, 5.41) is 0. The van der Waals surface area contributed by atoms with Crippen LogP contribution < -0.4 is 4.90 Å². The molecule has 0 spiro atoms. The fraction of sp³-hybridized carbons (Fsp3) is 0.385. The summed E-state index contributed by atoms with van der Waals surface area (Å²) in [4.78, 5) is 2.22. The van der Waals surface area contributed by atoms with Crippen molar-refractivity contribution in [2.45, 2.75) is 39.9 Å². The summed E-state index contributed by atoms with van der Waals surface area (Å²) in [6.45, 7) is 10.5. The van der Waals surface area contributed by atoms with E-state index in [0.717, 1.165) is 63.9 Å². The molecule has 44 heavy (non-hydrogen) atoms. The number of hydrogen-bond acceptors (Lipinski definition) is 5. The van der Waals surface area contributed by atoms with Crippen LogP contribution in [0, 0.1) is 10.8 Å². The fourth-order valence-electron chi connectivity index (χ4n) is 5.82. The van der Waals surface area contributed by atoms with E-state index in [1.807, 2.05) is 0 Å². The van der Waals surface area contributed by atoms with E-state index in [0.29, 0.717) is 13.2 Å². The molecule has 0 amide bonds. The maximum atomic E-state index is 6.02. The second-order valence-electron chi connectivity index (χ2n) is 12.7. The number of rotatable bonds is 14. The number of nitrogens with zero attached hydrogens (tertiary/aromatic N) is 1. The van der Waals surface area contributed by atoms with Crippen molar-refractivity contribution in [3.05, 3.63) is 108 Å². The van der Waals surface area contributed by atoms with Crippen LogP contribution in [0.3, 0.4) is 0 Å². The zero-order chi connectivity index (χ0) is 30.4. The Labute approximate surface area is 262 Å². The summed E-state index contributed by atoms with van der Waals surface area (Å²) in [6, 6.07) is 34.9. The molecule has 0 saturated carbocycles. The van der Waals surface area contributed by atoms with Gasteiger partial charge in [0.1, 0.15) is 0 Å². The summed E-state index contributed by atoms with van der Waals surface area (Å²) in [6.07, 6.45) is 2.20. The minimum Gasteiger partial charge on any atom is -0.380 e. The fourth-order valence-corrected chi connectivity index (χ4v) is 5.82. The SMILES string of the molecule is CCC1(COCc2ccc(-c3ccc(N(C)c4ccc(-c5ccc(COCC6(CC)COC6)cc5)cc4)cc3)cc2)COC1. The van der Waals surface area contributed by atoms with Crippen molar-refractivity contribution in [1.82, 2.24) is 0 Å². The summed E-state index contributed by atoms with van der Waals surface area (Å²) < 4.78 is 22.8. The molecular formula is C39H45NO4. The van der Waals surface area contributed by atoms with Crippen molar-refractivity contribution in [3.8, 4) is 22.3 Å².